The summed E-state index contributed by atoms with van der Waals surface area (Å²) in [5, 5.41) is 13.7. The fourth-order valence-corrected chi connectivity index (χ4v) is 4.62. The number of carbonyl (C=O) groups is 1. The van der Waals surface area contributed by atoms with Gasteiger partial charge in [-0.1, -0.05) is 30.3 Å². The highest BCUT2D eigenvalue weighted by molar-refractivity contribution is 7.90. The molecule has 166 valence electrons. The Balaban J connectivity index is 1.85. The molecule has 0 bridgehead atoms. The first-order valence-electron chi connectivity index (χ1n) is 9.37. The van der Waals surface area contributed by atoms with Crippen molar-refractivity contribution >= 4 is 15.7 Å². The molecule has 0 aliphatic heterocycles. The SMILES string of the molecule is N#CC1(NC(=O)[C@H](CS(=O)(=O)Cc2ccccc2)NC(c2ccco2)C(F)(F)F)CC1. The number of furan rings is 1. The zero-order chi connectivity index (χ0) is 22.7. The fourth-order valence-electron chi connectivity index (χ4n) is 3.05. The van der Waals surface area contributed by atoms with Gasteiger partial charge in [-0.25, -0.2) is 8.42 Å². The molecule has 0 saturated heterocycles. The second kappa shape index (κ2) is 8.72. The molecule has 7 nitrogen and oxygen atoms in total. The Morgan fingerprint density at radius 3 is 2.39 bits per heavy atom. The number of sulfone groups is 1. The number of amides is 1. The molecule has 11 heteroatoms. The van der Waals surface area contributed by atoms with Gasteiger partial charge in [0.25, 0.3) is 0 Å². The molecule has 1 aromatic carbocycles. The van der Waals surface area contributed by atoms with E-state index in [4.69, 9.17) is 4.42 Å². The molecule has 1 heterocycles. The Labute approximate surface area is 177 Å². The molecule has 1 aliphatic rings. The summed E-state index contributed by atoms with van der Waals surface area (Å²) in [5.74, 6) is -2.83. The van der Waals surface area contributed by atoms with Crippen LogP contribution >= 0.6 is 0 Å². The molecule has 1 saturated carbocycles. The van der Waals surface area contributed by atoms with Crippen LogP contribution in [0.4, 0.5) is 13.2 Å². The Morgan fingerprint density at radius 2 is 1.87 bits per heavy atom. The van der Waals surface area contributed by atoms with Crippen LogP contribution < -0.4 is 10.6 Å². The largest absolute Gasteiger partial charge is 0.467 e. The number of nitrogens with one attached hydrogen (secondary N) is 2. The van der Waals surface area contributed by atoms with Crippen molar-refractivity contribution in [3.8, 4) is 6.07 Å². The standard InChI is InChI=1S/C20H20F3N3O4S/c21-20(22,23)17(16-7-4-10-30-16)25-15(18(27)26-19(13-24)8-9-19)12-31(28,29)11-14-5-2-1-3-6-14/h1-7,10,15,17,25H,8-9,11-12H2,(H,26,27)/t15-,17?/m0/s1. The van der Waals surface area contributed by atoms with Crippen molar-refractivity contribution < 1.29 is 30.8 Å². The number of halogens is 3. The van der Waals surface area contributed by atoms with E-state index in [9.17, 15) is 31.6 Å². The second-order valence-corrected chi connectivity index (χ2v) is 9.54. The lowest BCUT2D eigenvalue weighted by atomic mass is 10.1. The van der Waals surface area contributed by atoms with E-state index in [-0.39, 0.29) is 0 Å². The van der Waals surface area contributed by atoms with Crippen molar-refractivity contribution in [2.45, 2.75) is 42.4 Å². The van der Waals surface area contributed by atoms with Crippen LogP contribution in [0.5, 0.6) is 0 Å². The van der Waals surface area contributed by atoms with Crippen molar-refractivity contribution in [1.82, 2.24) is 10.6 Å². The third-order valence-electron chi connectivity index (χ3n) is 4.82. The van der Waals surface area contributed by atoms with Crippen LogP contribution in [0.1, 0.15) is 30.2 Å². The van der Waals surface area contributed by atoms with Crippen molar-refractivity contribution in [2.24, 2.45) is 0 Å². The molecular formula is C20H20F3N3O4S. The molecule has 0 spiro atoms. The quantitative estimate of drug-likeness (QED) is 0.601. The van der Waals surface area contributed by atoms with Gasteiger partial charge in [0.2, 0.25) is 5.91 Å². The minimum absolute atomic E-state index is 0.347. The maximum atomic E-state index is 13.6. The molecular weight excluding hydrogens is 435 g/mol. The number of nitrogens with zero attached hydrogens (tertiary/aromatic N) is 1. The first kappa shape index (κ1) is 22.8. The van der Waals surface area contributed by atoms with Gasteiger partial charge in [0.05, 0.1) is 23.8 Å². The lowest BCUT2D eigenvalue weighted by Crippen LogP contribution is -2.54. The number of carbonyl (C=O) groups excluding carboxylic acids is 1. The minimum Gasteiger partial charge on any atom is -0.467 e. The van der Waals surface area contributed by atoms with E-state index in [1.54, 1.807) is 30.3 Å². The van der Waals surface area contributed by atoms with Crippen LogP contribution in [0.3, 0.4) is 0 Å². The van der Waals surface area contributed by atoms with E-state index < -0.39 is 56.8 Å². The third-order valence-corrected chi connectivity index (χ3v) is 6.43. The number of rotatable bonds is 9. The molecule has 2 N–H and O–H groups in total. The van der Waals surface area contributed by atoms with E-state index in [0.29, 0.717) is 18.4 Å². The van der Waals surface area contributed by atoms with Crippen LogP contribution in [0.15, 0.2) is 53.1 Å². The van der Waals surface area contributed by atoms with E-state index in [0.717, 1.165) is 12.3 Å². The zero-order valence-corrected chi connectivity index (χ0v) is 17.0. The highest BCUT2D eigenvalue weighted by Gasteiger charge is 2.48. The third kappa shape index (κ3) is 6.08. The maximum absolute atomic E-state index is 13.6. The highest BCUT2D eigenvalue weighted by Crippen LogP contribution is 2.35. The molecule has 1 fully saturated rings. The molecule has 31 heavy (non-hydrogen) atoms. The predicted molar refractivity (Wildman–Crippen MR) is 104 cm³/mol. The molecule has 1 amide bonds. The summed E-state index contributed by atoms with van der Waals surface area (Å²) in [6.45, 7) is 0. The summed E-state index contributed by atoms with van der Waals surface area (Å²) in [5.41, 5.74) is -0.728. The summed E-state index contributed by atoms with van der Waals surface area (Å²) in [6.07, 6.45) is -3.11. The average molecular weight is 455 g/mol. The molecule has 1 unspecified atom stereocenters. The first-order valence-corrected chi connectivity index (χ1v) is 11.2. The number of benzene rings is 1. The first-order chi connectivity index (χ1) is 14.5. The number of hydrogen-bond donors (Lipinski definition) is 2. The summed E-state index contributed by atoms with van der Waals surface area (Å²) < 4.78 is 71.2. The van der Waals surface area contributed by atoms with Crippen LogP contribution in [0.2, 0.25) is 0 Å². The molecule has 0 radical (unpaired) electrons. The van der Waals surface area contributed by atoms with Gasteiger partial charge in [0.15, 0.2) is 15.9 Å². The minimum atomic E-state index is -4.86. The van der Waals surface area contributed by atoms with E-state index in [1.165, 1.54) is 6.07 Å². The van der Waals surface area contributed by atoms with Gasteiger partial charge >= 0.3 is 6.18 Å². The van der Waals surface area contributed by atoms with Crippen molar-refractivity contribution in [3.05, 3.63) is 60.1 Å². The summed E-state index contributed by atoms with van der Waals surface area (Å²) in [4.78, 5) is 12.7. The number of nitriles is 1. The van der Waals surface area contributed by atoms with Gasteiger partial charge in [-0.05, 0) is 30.5 Å². The molecule has 1 aliphatic carbocycles. The fraction of sp³-hybridized carbons (Fsp3) is 0.400. The van der Waals surface area contributed by atoms with Crippen LogP contribution in [-0.4, -0.2) is 37.8 Å². The lowest BCUT2D eigenvalue weighted by molar-refractivity contribution is -0.164. The summed E-state index contributed by atoms with van der Waals surface area (Å²) in [6, 6.07) is 8.18. The van der Waals surface area contributed by atoms with E-state index >= 15 is 0 Å². The topological polar surface area (TPSA) is 112 Å². The van der Waals surface area contributed by atoms with E-state index in [2.05, 4.69) is 10.6 Å². The van der Waals surface area contributed by atoms with Gasteiger partial charge in [-0.15, -0.1) is 0 Å². The Bertz CT molecular complexity index is 1040. The van der Waals surface area contributed by atoms with Crippen molar-refractivity contribution in [2.75, 3.05) is 5.75 Å². The van der Waals surface area contributed by atoms with Crippen LogP contribution in [0, 0.1) is 11.3 Å². The predicted octanol–water partition coefficient (Wildman–Crippen LogP) is 2.63. The van der Waals surface area contributed by atoms with Crippen molar-refractivity contribution in [3.63, 3.8) is 0 Å². The van der Waals surface area contributed by atoms with Gasteiger partial charge < -0.3 is 9.73 Å². The van der Waals surface area contributed by atoms with Gasteiger partial charge in [-0.2, -0.15) is 18.4 Å². The van der Waals surface area contributed by atoms with Gasteiger partial charge in [0.1, 0.15) is 17.3 Å². The van der Waals surface area contributed by atoms with E-state index in [1.807, 2.05) is 6.07 Å². The molecule has 2 aromatic rings. The summed E-state index contributed by atoms with van der Waals surface area (Å²) in [7, 11) is -3.98. The average Bonchev–Trinajstić information content (AvgIpc) is 3.25. The van der Waals surface area contributed by atoms with Crippen LogP contribution in [0.25, 0.3) is 0 Å². The molecule has 2 atom stereocenters. The number of alkyl halides is 3. The van der Waals surface area contributed by atoms with Gasteiger partial charge in [-0.3, -0.25) is 10.1 Å². The molecule has 1 aromatic heterocycles. The number of hydrogen-bond acceptors (Lipinski definition) is 6. The normalized spacial score (nSPS) is 17.4. The van der Waals surface area contributed by atoms with Crippen molar-refractivity contribution in [1.29, 1.82) is 5.26 Å². The monoisotopic (exact) mass is 455 g/mol. The summed E-state index contributed by atoms with van der Waals surface area (Å²) >= 11 is 0. The van der Waals surface area contributed by atoms with Gasteiger partial charge in [0, 0.05) is 0 Å². The highest BCUT2D eigenvalue weighted by atomic mass is 32.2. The Hall–Kier alpha value is -2.84. The maximum Gasteiger partial charge on any atom is 0.411 e. The lowest BCUT2D eigenvalue weighted by Gasteiger charge is -2.26. The Morgan fingerprint density at radius 1 is 1.19 bits per heavy atom. The molecule has 3 rings (SSSR count). The Kier molecular flexibility index (Phi) is 6.43. The van der Waals surface area contributed by atoms with Crippen LogP contribution in [-0.2, 0) is 20.4 Å². The smallest absolute Gasteiger partial charge is 0.411 e. The zero-order valence-electron chi connectivity index (χ0n) is 16.2. The second-order valence-electron chi connectivity index (χ2n) is 7.43.